The van der Waals surface area contributed by atoms with E-state index in [0.29, 0.717) is 13.0 Å². The molecule has 4 heteroatoms. The van der Waals surface area contributed by atoms with E-state index in [-0.39, 0.29) is 5.91 Å². The molecular formula is C15H19NO3. The number of rotatable bonds is 4. The summed E-state index contributed by atoms with van der Waals surface area (Å²) in [6.07, 6.45) is 1.41. The van der Waals surface area contributed by atoms with Crippen LogP contribution in [0.5, 0.6) is 0 Å². The quantitative estimate of drug-likeness (QED) is 0.917. The summed E-state index contributed by atoms with van der Waals surface area (Å²) in [7, 11) is 1.70. The molecule has 0 fully saturated rings. The molecule has 0 aliphatic carbocycles. The first-order chi connectivity index (χ1) is 8.97. The molecule has 2 rings (SSSR count). The van der Waals surface area contributed by atoms with Crippen LogP contribution in [-0.4, -0.2) is 35.6 Å². The van der Waals surface area contributed by atoms with Gasteiger partial charge >= 0.3 is 0 Å². The van der Waals surface area contributed by atoms with E-state index in [1.807, 2.05) is 25.1 Å². The SMILES string of the molecule is Cc1ccc2c(CC(=O)N(C)CC(C)O)coc2c1. The molecule has 1 amide bonds. The first-order valence-corrected chi connectivity index (χ1v) is 6.36. The summed E-state index contributed by atoms with van der Waals surface area (Å²) in [6.45, 7) is 4.01. The number of hydrogen-bond donors (Lipinski definition) is 1. The highest BCUT2D eigenvalue weighted by molar-refractivity contribution is 5.87. The van der Waals surface area contributed by atoms with Crippen LogP contribution < -0.4 is 0 Å². The molecule has 0 saturated carbocycles. The topological polar surface area (TPSA) is 53.7 Å². The van der Waals surface area contributed by atoms with Gasteiger partial charge in [0.2, 0.25) is 5.91 Å². The highest BCUT2D eigenvalue weighted by Crippen LogP contribution is 2.23. The Hall–Kier alpha value is -1.81. The number of carbonyl (C=O) groups excluding carboxylic acids is 1. The molecule has 19 heavy (non-hydrogen) atoms. The van der Waals surface area contributed by atoms with Gasteiger partial charge in [-0.3, -0.25) is 4.79 Å². The third-order valence-electron chi connectivity index (χ3n) is 3.12. The Bertz CT molecular complexity index is 586. The van der Waals surface area contributed by atoms with Crippen LogP contribution in [0.3, 0.4) is 0 Å². The maximum atomic E-state index is 12.0. The number of aliphatic hydroxyl groups is 1. The number of carbonyl (C=O) groups is 1. The van der Waals surface area contributed by atoms with E-state index in [1.165, 1.54) is 4.90 Å². The highest BCUT2D eigenvalue weighted by Gasteiger charge is 2.15. The molecule has 1 atom stereocenters. The van der Waals surface area contributed by atoms with Gasteiger partial charge in [-0.05, 0) is 25.5 Å². The summed E-state index contributed by atoms with van der Waals surface area (Å²) in [4.78, 5) is 13.6. The zero-order chi connectivity index (χ0) is 14.0. The number of fused-ring (bicyclic) bond motifs is 1. The van der Waals surface area contributed by atoms with Crippen LogP contribution in [0.4, 0.5) is 0 Å². The van der Waals surface area contributed by atoms with Crippen molar-refractivity contribution >= 4 is 16.9 Å². The lowest BCUT2D eigenvalue weighted by Crippen LogP contribution is -2.34. The summed E-state index contributed by atoms with van der Waals surface area (Å²) in [6, 6.07) is 5.94. The molecule has 0 aliphatic rings. The molecule has 4 nitrogen and oxygen atoms in total. The minimum absolute atomic E-state index is 0.0239. The van der Waals surface area contributed by atoms with Crippen molar-refractivity contribution < 1.29 is 14.3 Å². The smallest absolute Gasteiger partial charge is 0.226 e. The van der Waals surface area contributed by atoms with Crippen molar-refractivity contribution in [2.24, 2.45) is 0 Å². The Morgan fingerprint density at radius 3 is 2.89 bits per heavy atom. The Kier molecular flexibility index (Phi) is 3.90. The molecule has 0 radical (unpaired) electrons. The predicted molar refractivity (Wildman–Crippen MR) is 74.0 cm³/mol. The van der Waals surface area contributed by atoms with Crippen molar-refractivity contribution in [1.82, 2.24) is 4.90 Å². The van der Waals surface area contributed by atoms with Crippen molar-refractivity contribution in [3.05, 3.63) is 35.6 Å². The van der Waals surface area contributed by atoms with Gasteiger partial charge in [-0.15, -0.1) is 0 Å². The average Bonchev–Trinajstić information content (AvgIpc) is 2.70. The minimum atomic E-state index is -0.516. The molecule has 1 heterocycles. The molecule has 1 N–H and O–H groups in total. The van der Waals surface area contributed by atoms with E-state index < -0.39 is 6.10 Å². The van der Waals surface area contributed by atoms with Gasteiger partial charge in [0, 0.05) is 24.5 Å². The van der Waals surface area contributed by atoms with Gasteiger partial charge < -0.3 is 14.4 Å². The van der Waals surface area contributed by atoms with Gasteiger partial charge in [0.1, 0.15) is 5.58 Å². The number of amides is 1. The molecule has 0 bridgehead atoms. The third-order valence-corrected chi connectivity index (χ3v) is 3.12. The fraction of sp³-hybridized carbons (Fsp3) is 0.400. The molecular weight excluding hydrogens is 242 g/mol. The zero-order valence-corrected chi connectivity index (χ0v) is 11.5. The second-order valence-corrected chi connectivity index (χ2v) is 5.06. The van der Waals surface area contributed by atoms with Gasteiger partial charge in [-0.2, -0.15) is 0 Å². The lowest BCUT2D eigenvalue weighted by molar-refractivity contribution is -0.130. The highest BCUT2D eigenvalue weighted by atomic mass is 16.3. The molecule has 0 saturated heterocycles. The van der Waals surface area contributed by atoms with Crippen LogP contribution >= 0.6 is 0 Å². The maximum absolute atomic E-state index is 12.0. The number of aliphatic hydroxyl groups excluding tert-OH is 1. The normalized spacial score (nSPS) is 12.6. The van der Waals surface area contributed by atoms with E-state index in [9.17, 15) is 9.90 Å². The number of furan rings is 1. The number of hydrogen-bond acceptors (Lipinski definition) is 3. The monoisotopic (exact) mass is 261 g/mol. The van der Waals surface area contributed by atoms with Crippen molar-refractivity contribution in [3.8, 4) is 0 Å². The Labute approximate surface area is 112 Å². The molecule has 2 aromatic rings. The third kappa shape index (κ3) is 3.15. The molecule has 0 aliphatic heterocycles. The van der Waals surface area contributed by atoms with Crippen molar-refractivity contribution in [1.29, 1.82) is 0 Å². The van der Waals surface area contributed by atoms with Crippen LogP contribution in [0.1, 0.15) is 18.1 Å². The van der Waals surface area contributed by atoms with Gasteiger partial charge in [-0.25, -0.2) is 0 Å². The summed E-state index contributed by atoms with van der Waals surface area (Å²) in [5.74, 6) is -0.0239. The van der Waals surface area contributed by atoms with Crippen LogP contribution in [0, 0.1) is 6.92 Å². The number of nitrogens with zero attached hydrogens (tertiary/aromatic N) is 1. The van der Waals surface area contributed by atoms with Crippen LogP contribution in [-0.2, 0) is 11.2 Å². The fourth-order valence-electron chi connectivity index (χ4n) is 2.12. The largest absolute Gasteiger partial charge is 0.464 e. The first kappa shape index (κ1) is 13.6. The number of aryl methyl sites for hydroxylation is 1. The predicted octanol–water partition coefficient (Wildman–Crippen LogP) is 2.12. The fourth-order valence-corrected chi connectivity index (χ4v) is 2.12. The van der Waals surface area contributed by atoms with Crippen molar-refractivity contribution in [2.75, 3.05) is 13.6 Å². The lowest BCUT2D eigenvalue weighted by Gasteiger charge is -2.18. The minimum Gasteiger partial charge on any atom is -0.464 e. The van der Waals surface area contributed by atoms with Gasteiger partial charge in [0.05, 0.1) is 18.8 Å². The second kappa shape index (κ2) is 5.45. The van der Waals surface area contributed by atoms with Crippen LogP contribution in [0.25, 0.3) is 11.0 Å². The van der Waals surface area contributed by atoms with Crippen molar-refractivity contribution in [3.63, 3.8) is 0 Å². The number of likely N-dealkylation sites (N-methyl/N-ethyl adjacent to an activating group) is 1. The molecule has 0 spiro atoms. The van der Waals surface area contributed by atoms with Crippen LogP contribution in [0.2, 0.25) is 0 Å². The molecule has 1 aromatic carbocycles. The second-order valence-electron chi connectivity index (χ2n) is 5.06. The van der Waals surface area contributed by atoms with E-state index in [2.05, 4.69) is 0 Å². The number of benzene rings is 1. The summed E-state index contributed by atoms with van der Waals surface area (Å²) < 4.78 is 5.47. The average molecular weight is 261 g/mol. The van der Waals surface area contributed by atoms with E-state index in [4.69, 9.17) is 4.42 Å². The molecule has 1 aromatic heterocycles. The first-order valence-electron chi connectivity index (χ1n) is 6.36. The van der Waals surface area contributed by atoms with E-state index >= 15 is 0 Å². The van der Waals surface area contributed by atoms with E-state index in [0.717, 1.165) is 22.1 Å². The standard InChI is InChI=1S/C15H19NO3/c1-10-4-5-13-12(9-19-14(13)6-10)7-15(18)16(3)8-11(2)17/h4-6,9,11,17H,7-8H2,1-3H3. The Balaban J connectivity index is 2.15. The Morgan fingerprint density at radius 1 is 1.47 bits per heavy atom. The molecule has 102 valence electrons. The Morgan fingerprint density at radius 2 is 2.21 bits per heavy atom. The maximum Gasteiger partial charge on any atom is 0.226 e. The van der Waals surface area contributed by atoms with Gasteiger partial charge in [0.15, 0.2) is 0 Å². The summed E-state index contributed by atoms with van der Waals surface area (Å²) in [5.41, 5.74) is 2.82. The van der Waals surface area contributed by atoms with Crippen LogP contribution in [0.15, 0.2) is 28.9 Å². The van der Waals surface area contributed by atoms with Crippen molar-refractivity contribution in [2.45, 2.75) is 26.4 Å². The summed E-state index contributed by atoms with van der Waals surface area (Å²) in [5, 5.41) is 10.3. The summed E-state index contributed by atoms with van der Waals surface area (Å²) >= 11 is 0. The van der Waals surface area contributed by atoms with Gasteiger partial charge in [0.25, 0.3) is 0 Å². The lowest BCUT2D eigenvalue weighted by atomic mass is 10.1. The molecule has 1 unspecified atom stereocenters. The van der Waals surface area contributed by atoms with E-state index in [1.54, 1.807) is 20.2 Å². The zero-order valence-electron chi connectivity index (χ0n) is 11.5. The van der Waals surface area contributed by atoms with Gasteiger partial charge in [-0.1, -0.05) is 12.1 Å².